The molecule has 30 heavy (non-hydrogen) atoms. The second-order valence-electron chi connectivity index (χ2n) is 7.55. The summed E-state index contributed by atoms with van der Waals surface area (Å²) in [5.41, 5.74) is 4.86. The van der Waals surface area contributed by atoms with Crippen molar-refractivity contribution in [1.29, 1.82) is 0 Å². The minimum absolute atomic E-state index is 1.21. The summed E-state index contributed by atoms with van der Waals surface area (Å²) in [6, 6.07) is 38.7. The third-order valence-corrected chi connectivity index (χ3v) is 5.38. The highest BCUT2D eigenvalue weighted by atomic mass is 14.0. The standard InChI is InChI=1S/C30H22/c1-3-7-23(8-4-1)11-13-25-15-17-27-21-28-18-16-26(20-30(28)22-29(27)19-25)14-12-24-9-5-2-6-10-24/h1-22H. The lowest BCUT2D eigenvalue weighted by molar-refractivity contribution is 1.66. The predicted molar refractivity (Wildman–Crippen MR) is 132 cm³/mol. The maximum Gasteiger partial charge on any atom is -0.0172 e. The van der Waals surface area contributed by atoms with Crippen LogP contribution in [0.1, 0.15) is 22.3 Å². The molecule has 0 saturated heterocycles. The molecule has 0 N–H and O–H groups in total. The van der Waals surface area contributed by atoms with Crippen LogP contribution in [0.15, 0.2) is 109 Å². The summed E-state index contributed by atoms with van der Waals surface area (Å²) < 4.78 is 0. The van der Waals surface area contributed by atoms with Gasteiger partial charge in [0.2, 0.25) is 0 Å². The predicted octanol–water partition coefficient (Wildman–Crippen LogP) is 8.33. The molecule has 0 aliphatic carbocycles. The molecule has 0 nitrogen and oxygen atoms in total. The van der Waals surface area contributed by atoms with Gasteiger partial charge in [0.1, 0.15) is 0 Å². The summed E-state index contributed by atoms with van der Waals surface area (Å²) >= 11 is 0. The van der Waals surface area contributed by atoms with Crippen LogP contribution >= 0.6 is 0 Å². The minimum Gasteiger partial charge on any atom is -0.0622 e. The molecule has 0 fully saturated rings. The zero-order chi connectivity index (χ0) is 20.2. The quantitative estimate of drug-likeness (QED) is 0.216. The minimum atomic E-state index is 1.21. The summed E-state index contributed by atoms with van der Waals surface area (Å²) in [4.78, 5) is 0. The van der Waals surface area contributed by atoms with Gasteiger partial charge in [-0.3, -0.25) is 0 Å². The van der Waals surface area contributed by atoms with Crippen LogP contribution in [-0.4, -0.2) is 0 Å². The van der Waals surface area contributed by atoms with E-state index in [1.54, 1.807) is 0 Å². The van der Waals surface area contributed by atoms with Crippen molar-refractivity contribution < 1.29 is 0 Å². The fraction of sp³-hybridized carbons (Fsp3) is 0. The van der Waals surface area contributed by atoms with Crippen molar-refractivity contribution in [3.63, 3.8) is 0 Å². The Hall–Kier alpha value is -3.90. The summed E-state index contributed by atoms with van der Waals surface area (Å²) in [6.45, 7) is 0. The molecule has 0 spiro atoms. The summed E-state index contributed by atoms with van der Waals surface area (Å²) in [5, 5.41) is 5.07. The molecule has 142 valence electrons. The first kappa shape index (κ1) is 18.1. The molecule has 5 aromatic carbocycles. The Morgan fingerprint density at radius 3 is 1.17 bits per heavy atom. The molecule has 0 heteroatoms. The third kappa shape index (κ3) is 4.09. The number of hydrogen-bond acceptors (Lipinski definition) is 0. The lowest BCUT2D eigenvalue weighted by atomic mass is 9.99. The van der Waals surface area contributed by atoms with Crippen molar-refractivity contribution in [3.8, 4) is 0 Å². The Balaban J connectivity index is 1.48. The topological polar surface area (TPSA) is 0 Å². The molecular weight excluding hydrogens is 360 g/mol. The highest BCUT2D eigenvalue weighted by Crippen LogP contribution is 2.26. The van der Waals surface area contributed by atoms with E-state index < -0.39 is 0 Å². The second-order valence-corrected chi connectivity index (χ2v) is 7.55. The molecule has 0 aromatic heterocycles. The van der Waals surface area contributed by atoms with E-state index in [9.17, 15) is 0 Å². The van der Waals surface area contributed by atoms with Crippen molar-refractivity contribution in [2.75, 3.05) is 0 Å². The molecule has 0 heterocycles. The van der Waals surface area contributed by atoms with Gasteiger partial charge in [-0.25, -0.2) is 0 Å². The van der Waals surface area contributed by atoms with E-state index in [2.05, 4.69) is 121 Å². The fourth-order valence-corrected chi connectivity index (χ4v) is 3.75. The average Bonchev–Trinajstić information content (AvgIpc) is 2.81. The lowest BCUT2D eigenvalue weighted by Crippen LogP contribution is -1.80. The van der Waals surface area contributed by atoms with Gasteiger partial charge in [0.15, 0.2) is 0 Å². The Labute approximate surface area is 177 Å². The molecule has 0 bridgehead atoms. The van der Waals surface area contributed by atoms with E-state index in [0.29, 0.717) is 0 Å². The molecule has 0 aliphatic heterocycles. The summed E-state index contributed by atoms with van der Waals surface area (Å²) in [5.74, 6) is 0. The summed E-state index contributed by atoms with van der Waals surface area (Å²) in [6.07, 6.45) is 8.68. The number of rotatable bonds is 4. The normalized spacial score (nSPS) is 11.7. The maximum absolute atomic E-state index is 2.30. The SMILES string of the molecule is C(=Cc1ccc2cc3ccc(C=Cc4ccccc4)cc3cc2c1)c1ccccc1. The zero-order valence-corrected chi connectivity index (χ0v) is 16.7. The van der Waals surface area contributed by atoms with Gasteiger partial charge >= 0.3 is 0 Å². The van der Waals surface area contributed by atoms with Gasteiger partial charge in [-0.05, 0) is 68.1 Å². The van der Waals surface area contributed by atoms with Crippen molar-refractivity contribution in [1.82, 2.24) is 0 Å². The Kier molecular flexibility index (Phi) is 4.98. The molecule has 5 rings (SSSR count). The molecule has 0 radical (unpaired) electrons. The van der Waals surface area contributed by atoms with Crippen molar-refractivity contribution in [2.45, 2.75) is 0 Å². The van der Waals surface area contributed by atoms with Crippen molar-refractivity contribution in [2.24, 2.45) is 0 Å². The maximum atomic E-state index is 2.30. The van der Waals surface area contributed by atoms with Crippen LogP contribution in [0.25, 0.3) is 45.8 Å². The number of benzene rings is 5. The fourth-order valence-electron chi connectivity index (χ4n) is 3.75. The molecule has 0 aliphatic rings. The second kappa shape index (κ2) is 8.23. The Bertz CT molecular complexity index is 1250. The zero-order valence-electron chi connectivity index (χ0n) is 16.7. The smallest absolute Gasteiger partial charge is 0.0172 e. The van der Waals surface area contributed by atoms with E-state index in [1.165, 1.54) is 43.8 Å². The van der Waals surface area contributed by atoms with Gasteiger partial charge in [-0.2, -0.15) is 0 Å². The van der Waals surface area contributed by atoms with Crippen LogP contribution < -0.4 is 0 Å². The van der Waals surface area contributed by atoms with Crippen LogP contribution in [-0.2, 0) is 0 Å². The van der Waals surface area contributed by atoms with E-state index in [4.69, 9.17) is 0 Å². The average molecular weight is 383 g/mol. The van der Waals surface area contributed by atoms with Crippen LogP contribution in [0.4, 0.5) is 0 Å². The van der Waals surface area contributed by atoms with Gasteiger partial charge in [-0.1, -0.05) is 109 Å². The van der Waals surface area contributed by atoms with Crippen LogP contribution in [0, 0.1) is 0 Å². The first-order valence-electron chi connectivity index (χ1n) is 10.3. The van der Waals surface area contributed by atoms with Crippen LogP contribution in [0.2, 0.25) is 0 Å². The highest BCUT2D eigenvalue weighted by molar-refractivity contribution is 6.00. The molecule has 0 saturated carbocycles. The lowest BCUT2D eigenvalue weighted by Gasteiger charge is -2.05. The van der Waals surface area contributed by atoms with Gasteiger partial charge in [0.25, 0.3) is 0 Å². The molecule has 0 amide bonds. The van der Waals surface area contributed by atoms with Gasteiger partial charge in [-0.15, -0.1) is 0 Å². The summed E-state index contributed by atoms with van der Waals surface area (Å²) in [7, 11) is 0. The monoisotopic (exact) mass is 382 g/mol. The number of fused-ring (bicyclic) bond motifs is 2. The van der Waals surface area contributed by atoms with Crippen molar-refractivity contribution in [3.05, 3.63) is 131 Å². The van der Waals surface area contributed by atoms with Crippen molar-refractivity contribution >= 4 is 45.8 Å². The largest absolute Gasteiger partial charge is 0.0622 e. The van der Waals surface area contributed by atoms with E-state index in [1.807, 2.05) is 12.1 Å². The molecule has 0 unspecified atom stereocenters. The molecular formula is C30H22. The number of hydrogen-bond donors (Lipinski definition) is 0. The Morgan fingerprint density at radius 2 is 0.700 bits per heavy atom. The molecule has 5 aromatic rings. The van der Waals surface area contributed by atoms with E-state index >= 15 is 0 Å². The Morgan fingerprint density at radius 1 is 0.300 bits per heavy atom. The first-order chi connectivity index (χ1) is 14.8. The first-order valence-corrected chi connectivity index (χ1v) is 10.3. The molecule has 0 atom stereocenters. The van der Waals surface area contributed by atoms with Crippen LogP contribution in [0.5, 0.6) is 0 Å². The van der Waals surface area contributed by atoms with Crippen LogP contribution in [0.3, 0.4) is 0 Å². The third-order valence-electron chi connectivity index (χ3n) is 5.38. The van der Waals surface area contributed by atoms with Gasteiger partial charge in [0.05, 0.1) is 0 Å². The van der Waals surface area contributed by atoms with E-state index in [-0.39, 0.29) is 0 Å². The highest BCUT2D eigenvalue weighted by Gasteiger charge is 2.00. The van der Waals surface area contributed by atoms with E-state index in [0.717, 1.165) is 0 Å². The van der Waals surface area contributed by atoms with Gasteiger partial charge < -0.3 is 0 Å². The van der Waals surface area contributed by atoms with Gasteiger partial charge in [0, 0.05) is 0 Å².